The van der Waals surface area contributed by atoms with Crippen LogP contribution in [-0.4, -0.2) is 24.1 Å². The highest BCUT2D eigenvalue weighted by atomic mass is 35.5. The molecule has 0 radical (unpaired) electrons. The van der Waals surface area contributed by atoms with Crippen molar-refractivity contribution in [3.63, 3.8) is 0 Å². The van der Waals surface area contributed by atoms with Crippen molar-refractivity contribution < 1.29 is 0 Å². The quantitative estimate of drug-likeness (QED) is 0.907. The molecule has 1 aromatic heterocycles. The molecule has 1 unspecified atom stereocenters. The molecular weight excluding hydrogens is 246 g/mol. The average Bonchev–Trinajstić information content (AvgIpc) is 3.09. The second-order valence-corrected chi connectivity index (χ2v) is 6.00. The summed E-state index contributed by atoms with van der Waals surface area (Å²) in [7, 11) is 0. The Morgan fingerprint density at radius 1 is 1.39 bits per heavy atom. The van der Waals surface area contributed by atoms with Crippen molar-refractivity contribution in [3.05, 3.63) is 22.8 Å². The Kier molecular flexibility index (Phi) is 3.44. The van der Waals surface area contributed by atoms with E-state index < -0.39 is 0 Å². The summed E-state index contributed by atoms with van der Waals surface area (Å²) in [4.78, 5) is 7.08. The van der Waals surface area contributed by atoms with Gasteiger partial charge in [-0.3, -0.25) is 0 Å². The van der Waals surface area contributed by atoms with Gasteiger partial charge in [0.15, 0.2) is 0 Å². The summed E-state index contributed by atoms with van der Waals surface area (Å²) in [5.41, 5.74) is 0.987. The van der Waals surface area contributed by atoms with Crippen LogP contribution in [0.15, 0.2) is 12.1 Å². The first-order valence-corrected chi connectivity index (χ1v) is 7.24. The minimum Gasteiger partial charge on any atom is -0.356 e. The lowest BCUT2D eigenvalue weighted by molar-refractivity contribution is 0.657. The molecule has 2 aliphatic rings. The molecule has 1 atom stereocenters. The number of hydrogen-bond donors (Lipinski definition) is 1. The predicted molar refractivity (Wildman–Crippen MR) is 75.1 cm³/mol. The number of anilines is 1. The average molecular weight is 266 g/mol. The Labute approximate surface area is 114 Å². The molecule has 0 amide bonds. The van der Waals surface area contributed by atoms with Gasteiger partial charge in [0.25, 0.3) is 0 Å². The molecule has 0 bridgehead atoms. The third-order valence-corrected chi connectivity index (χ3v) is 4.13. The molecule has 0 aromatic carbocycles. The number of nitrogens with one attached hydrogen (secondary N) is 1. The minimum absolute atomic E-state index is 0.693. The van der Waals surface area contributed by atoms with Gasteiger partial charge in [-0.2, -0.15) is 0 Å². The van der Waals surface area contributed by atoms with Gasteiger partial charge in [-0.05, 0) is 37.3 Å². The van der Waals surface area contributed by atoms with Gasteiger partial charge in [-0.25, -0.2) is 4.98 Å². The molecule has 4 heteroatoms. The lowest BCUT2D eigenvalue weighted by atomic mass is 10.2. The molecule has 1 aliphatic carbocycles. The summed E-state index contributed by atoms with van der Waals surface area (Å²) in [6, 6.07) is 4.72. The second kappa shape index (κ2) is 5.06. The molecule has 98 valence electrons. The van der Waals surface area contributed by atoms with E-state index in [0.29, 0.717) is 6.04 Å². The van der Waals surface area contributed by atoms with Crippen LogP contribution in [-0.2, 0) is 6.54 Å². The molecule has 3 rings (SSSR count). The van der Waals surface area contributed by atoms with Gasteiger partial charge >= 0.3 is 0 Å². The number of rotatable bonds is 4. The standard InChI is InChI=1S/C14H20ClN3/c1-10-6-7-18(9-10)14-5-4-12(15)13(17-14)8-16-11-2-3-11/h4-5,10-11,16H,2-3,6-9H2,1H3. The zero-order chi connectivity index (χ0) is 12.5. The van der Waals surface area contributed by atoms with Crippen molar-refractivity contribution in [1.29, 1.82) is 0 Å². The summed E-state index contributed by atoms with van der Waals surface area (Å²) in [6.07, 6.45) is 3.85. The number of hydrogen-bond acceptors (Lipinski definition) is 3. The van der Waals surface area contributed by atoms with Crippen LogP contribution in [0, 0.1) is 5.92 Å². The molecule has 1 saturated heterocycles. The minimum atomic E-state index is 0.693. The van der Waals surface area contributed by atoms with Crippen LogP contribution < -0.4 is 10.2 Å². The molecule has 2 fully saturated rings. The van der Waals surface area contributed by atoms with Crippen LogP contribution in [0.5, 0.6) is 0 Å². The number of nitrogens with zero attached hydrogens (tertiary/aromatic N) is 2. The molecule has 18 heavy (non-hydrogen) atoms. The van der Waals surface area contributed by atoms with Crippen LogP contribution in [0.25, 0.3) is 0 Å². The smallest absolute Gasteiger partial charge is 0.128 e. The summed E-state index contributed by atoms with van der Waals surface area (Å²) < 4.78 is 0. The van der Waals surface area contributed by atoms with Gasteiger partial charge in [0.05, 0.1) is 10.7 Å². The maximum Gasteiger partial charge on any atom is 0.128 e. The zero-order valence-electron chi connectivity index (χ0n) is 10.8. The summed E-state index contributed by atoms with van der Waals surface area (Å²) in [6.45, 7) is 5.32. The van der Waals surface area contributed by atoms with Crippen LogP contribution >= 0.6 is 11.6 Å². The van der Waals surface area contributed by atoms with Gasteiger partial charge in [-0.1, -0.05) is 18.5 Å². The Morgan fingerprint density at radius 2 is 2.22 bits per heavy atom. The Morgan fingerprint density at radius 3 is 2.89 bits per heavy atom. The van der Waals surface area contributed by atoms with Crippen LogP contribution in [0.1, 0.15) is 31.9 Å². The van der Waals surface area contributed by atoms with E-state index in [1.165, 1.54) is 19.3 Å². The molecule has 2 heterocycles. The molecule has 1 saturated carbocycles. The molecule has 3 nitrogen and oxygen atoms in total. The summed E-state index contributed by atoms with van der Waals surface area (Å²) in [5, 5.41) is 4.25. The maximum absolute atomic E-state index is 6.21. The van der Waals surface area contributed by atoms with E-state index in [0.717, 1.165) is 42.1 Å². The number of pyridine rings is 1. The van der Waals surface area contributed by atoms with Crippen molar-refractivity contribution in [1.82, 2.24) is 10.3 Å². The van der Waals surface area contributed by atoms with Crippen molar-refractivity contribution in [2.45, 2.75) is 38.8 Å². The number of aromatic nitrogens is 1. The van der Waals surface area contributed by atoms with Gasteiger partial charge in [0, 0.05) is 25.7 Å². The maximum atomic E-state index is 6.21. The molecule has 1 aliphatic heterocycles. The first-order valence-electron chi connectivity index (χ1n) is 6.86. The highest BCUT2D eigenvalue weighted by Gasteiger charge is 2.22. The monoisotopic (exact) mass is 265 g/mol. The first kappa shape index (κ1) is 12.2. The van der Waals surface area contributed by atoms with Gasteiger partial charge in [0.2, 0.25) is 0 Å². The van der Waals surface area contributed by atoms with E-state index >= 15 is 0 Å². The Balaban J connectivity index is 1.72. The van der Waals surface area contributed by atoms with Crippen LogP contribution in [0.3, 0.4) is 0 Å². The third kappa shape index (κ3) is 2.78. The largest absolute Gasteiger partial charge is 0.356 e. The van der Waals surface area contributed by atoms with E-state index in [-0.39, 0.29) is 0 Å². The third-order valence-electron chi connectivity index (χ3n) is 3.79. The zero-order valence-corrected chi connectivity index (χ0v) is 11.6. The van der Waals surface area contributed by atoms with Crippen LogP contribution in [0.4, 0.5) is 5.82 Å². The molecule has 1 aromatic rings. The summed E-state index contributed by atoms with van der Waals surface area (Å²) in [5.74, 6) is 1.85. The summed E-state index contributed by atoms with van der Waals surface area (Å²) >= 11 is 6.21. The Bertz CT molecular complexity index is 431. The fourth-order valence-corrected chi connectivity index (χ4v) is 2.62. The van der Waals surface area contributed by atoms with Crippen molar-refractivity contribution in [3.8, 4) is 0 Å². The van der Waals surface area contributed by atoms with E-state index in [4.69, 9.17) is 16.6 Å². The number of halogens is 1. The Hall–Kier alpha value is -0.800. The van der Waals surface area contributed by atoms with E-state index in [1.54, 1.807) is 0 Å². The van der Waals surface area contributed by atoms with E-state index in [1.807, 2.05) is 12.1 Å². The highest BCUT2D eigenvalue weighted by molar-refractivity contribution is 6.31. The normalized spacial score (nSPS) is 23.7. The topological polar surface area (TPSA) is 28.2 Å². The lowest BCUT2D eigenvalue weighted by Crippen LogP contribution is -2.22. The fraction of sp³-hybridized carbons (Fsp3) is 0.643. The van der Waals surface area contributed by atoms with Crippen LogP contribution in [0.2, 0.25) is 5.02 Å². The predicted octanol–water partition coefficient (Wildman–Crippen LogP) is 2.83. The molecule has 1 N–H and O–H groups in total. The van der Waals surface area contributed by atoms with Crippen molar-refractivity contribution >= 4 is 17.4 Å². The second-order valence-electron chi connectivity index (χ2n) is 5.59. The molecule has 0 spiro atoms. The van der Waals surface area contributed by atoms with E-state index in [9.17, 15) is 0 Å². The lowest BCUT2D eigenvalue weighted by Gasteiger charge is -2.18. The van der Waals surface area contributed by atoms with E-state index in [2.05, 4.69) is 17.1 Å². The highest BCUT2D eigenvalue weighted by Crippen LogP contribution is 2.25. The molecular formula is C14H20ClN3. The van der Waals surface area contributed by atoms with Crippen molar-refractivity contribution in [2.24, 2.45) is 5.92 Å². The SMILES string of the molecule is CC1CCN(c2ccc(Cl)c(CNC3CC3)n2)C1. The van der Waals surface area contributed by atoms with Gasteiger partial charge in [0.1, 0.15) is 5.82 Å². The van der Waals surface area contributed by atoms with Gasteiger partial charge in [-0.15, -0.1) is 0 Å². The van der Waals surface area contributed by atoms with Crippen molar-refractivity contribution in [2.75, 3.05) is 18.0 Å². The first-order chi connectivity index (χ1) is 8.72. The van der Waals surface area contributed by atoms with Gasteiger partial charge < -0.3 is 10.2 Å². The fourth-order valence-electron chi connectivity index (χ4n) is 2.44.